The van der Waals surface area contributed by atoms with E-state index in [2.05, 4.69) is 5.32 Å². The molecular weight excluding hydrogens is 361 g/mol. The van der Waals surface area contributed by atoms with Crippen molar-refractivity contribution in [1.82, 2.24) is 0 Å². The lowest BCUT2D eigenvalue weighted by atomic mass is 10.1. The summed E-state index contributed by atoms with van der Waals surface area (Å²) in [4.78, 5) is 24.6. The summed E-state index contributed by atoms with van der Waals surface area (Å²) in [5.41, 5.74) is 2.80. The van der Waals surface area contributed by atoms with Crippen LogP contribution in [0.4, 0.5) is 10.1 Å². The fourth-order valence-corrected chi connectivity index (χ4v) is 2.63. The number of anilines is 1. The van der Waals surface area contributed by atoms with Crippen LogP contribution in [0.25, 0.3) is 11.3 Å². The fraction of sp³-hybridized carbons (Fsp3) is 0.182. The van der Waals surface area contributed by atoms with Crippen molar-refractivity contribution in [1.29, 1.82) is 0 Å². The quantitative estimate of drug-likeness (QED) is 0.639. The van der Waals surface area contributed by atoms with E-state index >= 15 is 0 Å². The summed E-state index contributed by atoms with van der Waals surface area (Å²) in [6.07, 6.45) is -1.03. The number of aryl methyl sites for hydroxylation is 2. The van der Waals surface area contributed by atoms with Gasteiger partial charge >= 0.3 is 5.97 Å². The third-order valence-electron chi connectivity index (χ3n) is 4.25. The highest BCUT2D eigenvalue weighted by molar-refractivity contribution is 5.97. The Balaban J connectivity index is 1.66. The molecule has 3 aromatic rings. The molecular formula is C22H20FNO4. The van der Waals surface area contributed by atoms with E-state index in [9.17, 15) is 14.0 Å². The van der Waals surface area contributed by atoms with Crippen molar-refractivity contribution in [2.45, 2.75) is 26.9 Å². The molecule has 0 spiro atoms. The lowest BCUT2D eigenvalue weighted by Crippen LogP contribution is -2.30. The van der Waals surface area contributed by atoms with Crippen LogP contribution >= 0.6 is 0 Å². The van der Waals surface area contributed by atoms with Crippen LogP contribution in [0, 0.1) is 19.7 Å². The number of ether oxygens (including phenoxy) is 1. The van der Waals surface area contributed by atoms with Gasteiger partial charge < -0.3 is 14.5 Å². The summed E-state index contributed by atoms with van der Waals surface area (Å²) in [5.74, 6) is -1.62. The van der Waals surface area contributed by atoms with E-state index in [1.165, 1.54) is 25.1 Å². The van der Waals surface area contributed by atoms with Crippen LogP contribution in [0.1, 0.15) is 28.6 Å². The molecule has 1 atom stereocenters. The normalized spacial score (nSPS) is 11.7. The van der Waals surface area contributed by atoms with Gasteiger partial charge in [-0.15, -0.1) is 0 Å². The van der Waals surface area contributed by atoms with E-state index in [-0.39, 0.29) is 17.1 Å². The molecule has 1 aromatic heterocycles. The molecule has 0 aliphatic heterocycles. The van der Waals surface area contributed by atoms with E-state index in [0.29, 0.717) is 5.69 Å². The number of benzene rings is 2. The first kappa shape index (κ1) is 19.4. The van der Waals surface area contributed by atoms with Crippen molar-refractivity contribution < 1.29 is 23.1 Å². The van der Waals surface area contributed by atoms with E-state index < -0.39 is 23.8 Å². The number of halogens is 1. The van der Waals surface area contributed by atoms with Crippen molar-refractivity contribution in [3.63, 3.8) is 0 Å². The molecule has 0 bridgehead atoms. The van der Waals surface area contributed by atoms with Gasteiger partial charge in [0.05, 0.1) is 5.56 Å². The molecule has 5 nitrogen and oxygen atoms in total. The predicted octanol–water partition coefficient (Wildman–Crippen LogP) is 4.89. The van der Waals surface area contributed by atoms with Gasteiger partial charge in [0, 0.05) is 5.69 Å². The van der Waals surface area contributed by atoms with Gasteiger partial charge in [0.25, 0.3) is 5.91 Å². The molecule has 0 saturated carbocycles. The average molecular weight is 381 g/mol. The Bertz CT molecular complexity index is 1020. The number of esters is 1. The second-order valence-electron chi connectivity index (χ2n) is 6.50. The van der Waals surface area contributed by atoms with Crippen LogP contribution in [0.15, 0.2) is 59.0 Å². The van der Waals surface area contributed by atoms with Gasteiger partial charge in [-0.3, -0.25) is 4.79 Å². The highest BCUT2D eigenvalue weighted by Crippen LogP contribution is 2.25. The molecule has 0 unspecified atom stereocenters. The number of nitrogens with one attached hydrogen (secondary N) is 1. The summed E-state index contributed by atoms with van der Waals surface area (Å²) in [5, 5.41) is 2.75. The Hall–Kier alpha value is -3.41. The van der Waals surface area contributed by atoms with Crippen molar-refractivity contribution in [2.24, 2.45) is 0 Å². The van der Waals surface area contributed by atoms with E-state index in [0.717, 1.165) is 11.1 Å². The third kappa shape index (κ3) is 4.28. The molecule has 1 N–H and O–H groups in total. The Morgan fingerprint density at radius 2 is 1.82 bits per heavy atom. The SMILES string of the molecule is Cc1ccc(C)c(NC(=O)[C@H](C)OC(=O)c2ccc(-c3ccccc3F)o2)c1. The molecule has 28 heavy (non-hydrogen) atoms. The summed E-state index contributed by atoms with van der Waals surface area (Å²) in [7, 11) is 0. The lowest BCUT2D eigenvalue weighted by Gasteiger charge is -2.14. The number of carbonyl (C=O) groups is 2. The summed E-state index contributed by atoms with van der Waals surface area (Å²) in [6.45, 7) is 5.26. The van der Waals surface area contributed by atoms with Crippen molar-refractivity contribution in [3.05, 3.63) is 77.3 Å². The highest BCUT2D eigenvalue weighted by atomic mass is 19.1. The smallest absolute Gasteiger partial charge is 0.375 e. The summed E-state index contributed by atoms with van der Waals surface area (Å²) < 4.78 is 24.4. The molecule has 1 amide bonds. The topological polar surface area (TPSA) is 68.5 Å². The highest BCUT2D eigenvalue weighted by Gasteiger charge is 2.22. The number of amides is 1. The Morgan fingerprint density at radius 1 is 1.07 bits per heavy atom. The van der Waals surface area contributed by atoms with Crippen LogP contribution in [0.5, 0.6) is 0 Å². The summed E-state index contributed by atoms with van der Waals surface area (Å²) in [6, 6.07) is 14.6. The molecule has 0 fully saturated rings. The number of hydrogen-bond acceptors (Lipinski definition) is 4. The van der Waals surface area contributed by atoms with Crippen LogP contribution in [0.2, 0.25) is 0 Å². The predicted molar refractivity (Wildman–Crippen MR) is 104 cm³/mol. The van der Waals surface area contributed by atoms with Crippen LogP contribution < -0.4 is 5.32 Å². The van der Waals surface area contributed by atoms with Crippen LogP contribution in [-0.4, -0.2) is 18.0 Å². The second kappa shape index (κ2) is 8.08. The van der Waals surface area contributed by atoms with E-state index in [1.54, 1.807) is 18.2 Å². The first-order valence-electron chi connectivity index (χ1n) is 8.79. The Morgan fingerprint density at radius 3 is 2.57 bits per heavy atom. The number of rotatable bonds is 5. The molecule has 0 aliphatic carbocycles. The zero-order valence-corrected chi connectivity index (χ0v) is 15.8. The van der Waals surface area contributed by atoms with Crippen LogP contribution in [0.3, 0.4) is 0 Å². The van der Waals surface area contributed by atoms with Crippen LogP contribution in [-0.2, 0) is 9.53 Å². The molecule has 0 aliphatic rings. The minimum atomic E-state index is -1.03. The van der Waals surface area contributed by atoms with Crippen molar-refractivity contribution in [2.75, 3.05) is 5.32 Å². The molecule has 1 heterocycles. The number of hydrogen-bond donors (Lipinski definition) is 1. The molecule has 0 saturated heterocycles. The Labute approximate surface area is 162 Å². The first-order chi connectivity index (χ1) is 13.3. The maximum absolute atomic E-state index is 13.8. The lowest BCUT2D eigenvalue weighted by molar-refractivity contribution is -0.123. The number of furan rings is 1. The number of carbonyl (C=O) groups excluding carboxylic acids is 2. The fourth-order valence-electron chi connectivity index (χ4n) is 2.63. The van der Waals surface area contributed by atoms with E-state index in [4.69, 9.17) is 9.15 Å². The monoisotopic (exact) mass is 381 g/mol. The third-order valence-corrected chi connectivity index (χ3v) is 4.25. The summed E-state index contributed by atoms with van der Waals surface area (Å²) >= 11 is 0. The second-order valence-corrected chi connectivity index (χ2v) is 6.50. The van der Waals surface area contributed by atoms with Gasteiger partial charge in [-0.05, 0) is 62.2 Å². The maximum Gasteiger partial charge on any atom is 0.375 e. The minimum Gasteiger partial charge on any atom is -0.449 e. The van der Waals surface area contributed by atoms with Gasteiger partial charge in [-0.1, -0.05) is 24.3 Å². The average Bonchev–Trinajstić information content (AvgIpc) is 3.15. The van der Waals surface area contributed by atoms with Gasteiger partial charge in [-0.25, -0.2) is 9.18 Å². The van der Waals surface area contributed by atoms with Crippen molar-refractivity contribution in [3.8, 4) is 11.3 Å². The van der Waals surface area contributed by atoms with Crippen molar-refractivity contribution >= 4 is 17.6 Å². The first-order valence-corrected chi connectivity index (χ1v) is 8.79. The molecule has 6 heteroatoms. The standard InChI is InChI=1S/C22H20FNO4/c1-13-8-9-14(2)18(12-13)24-21(25)15(3)27-22(26)20-11-10-19(28-20)16-6-4-5-7-17(16)23/h4-12,15H,1-3H3,(H,24,25)/t15-/m0/s1. The molecule has 0 radical (unpaired) electrons. The van der Waals surface area contributed by atoms with Gasteiger partial charge in [-0.2, -0.15) is 0 Å². The zero-order valence-electron chi connectivity index (χ0n) is 15.8. The molecule has 3 rings (SSSR count). The maximum atomic E-state index is 13.8. The Kier molecular flexibility index (Phi) is 5.59. The zero-order chi connectivity index (χ0) is 20.3. The largest absolute Gasteiger partial charge is 0.449 e. The van der Waals surface area contributed by atoms with Gasteiger partial charge in [0.1, 0.15) is 11.6 Å². The van der Waals surface area contributed by atoms with E-state index in [1.807, 2.05) is 32.0 Å². The van der Waals surface area contributed by atoms with Gasteiger partial charge in [0.15, 0.2) is 6.10 Å². The van der Waals surface area contributed by atoms with Gasteiger partial charge in [0.2, 0.25) is 5.76 Å². The molecule has 2 aromatic carbocycles. The molecule has 144 valence electrons. The minimum absolute atomic E-state index is 0.107.